The van der Waals surface area contributed by atoms with Gasteiger partial charge in [-0.25, -0.2) is 4.79 Å². The third-order valence-electron chi connectivity index (χ3n) is 4.98. The summed E-state index contributed by atoms with van der Waals surface area (Å²) in [5.74, 6) is 1.23. The van der Waals surface area contributed by atoms with Crippen molar-refractivity contribution in [3.63, 3.8) is 0 Å². The van der Waals surface area contributed by atoms with E-state index >= 15 is 0 Å². The van der Waals surface area contributed by atoms with E-state index in [1.54, 1.807) is 17.8 Å². The van der Waals surface area contributed by atoms with E-state index in [-0.39, 0.29) is 5.97 Å². The van der Waals surface area contributed by atoms with Crippen LogP contribution >= 0.6 is 11.8 Å². The summed E-state index contributed by atoms with van der Waals surface area (Å²) in [5, 5.41) is 9.84. The predicted molar refractivity (Wildman–Crippen MR) is 123 cm³/mol. The number of aryl methyl sites for hydroxylation is 1. The lowest BCUT2D eigenvalue weighted by Gasteiger charge is -2.13. The Balaban J connectivity index is 1.65. The Morgan fingerprint density at radius 1 is 0.935 bits per heavy atom. The molecule has 0 bridgehead atoms. The number of ether oxygens (including phenoxy) is 1. The first kappa shape index (κ1) is 20.9. The van der Waals surface area contributed by atoms with Gasteiger partial charge < -0.3 is 4.74 Å². The molecule has 0 radical (unpaired) electrons. The number of esters is 1. The molecule has 156 valence electrons. The minimum Gasteiger partial charge on any atom is -0.465 e. The number of carbonyl (C=O) groups is 1. The van der Waals surface area contributed by atoms with E-state index in [2.05, 4.69) is 46.0 Å². The van der Waals surface area contributed by atoms with Crippen LogP contribution in [0.2, 0.25) is 0 Å². The Morgan fingerprint density at radius 2 is 1.68 bits per heavy atom. The molecule has 0 unspecified atom stereocenters. The molecule has 0 atom stereocenters. The van der Waals surface area contributed by atoms with Crippen LogP contribution in [0.1, 0.15) is 32.9 Å². The average molecular weight is 430 g/mol. The Kier molecular flexibility index (Phi) is 6.48. The Labute approximate surface area is 186 Å². The second-order valence-electron chi connectivity index (χ2n) is 7.16. The summed E-state index contributed by atoms with van der Waals surface area (Å²) in [6.07, 6.45) is 0.695. The van der Waals surface area contributed by atoms with Crippen LogP contribution in [0.3, 0.4) is 0 Å². The van der Waals surface area contributed by atoms with Crippen molar-refractivity contribution < 1.29 is 9.53 Å². The molecule has 1 heterocycles. The molecule has 6 heteroatoms. The number of methoxy groups -OCH3 is 1. The van der Waals surface area contributed by atoms with Crippen LogP contribution in [0.15, 0.2) is 84.0 Å². The molecule has 4 aromatic rings. The maximum atomic E-state index is 11.8. The van der Waals surface area contributed by atoms with Gasteiger partial charge in [-0.05, 0) is 41.8 Å². The highest BCUT2D eigenvalue weighted by Crippen LogP contribution is 2.28. The first-order chi connectivity index (χ1) is 15.2. The largest absolute Gasteiger partial charge is 0.465 e. The molecular weight excluding hydrogens is 406 g/mol. The normalized spacial score (nSPS) is 10.8. The molecule has 4 rings (SSSR count). The molecule has 0 amide bonds. The highest BCUT2D eigenvalue weighted by molar-refractivity contribution is 7.98. The summed E-state index contributed by atoms with van der Waals surface area (Å²) in [5.41, 5.74) is 4.99. The molecule has 0 spiro atoms. The summed E-state index contributed by atoms with van der Waals surface area (Å²) in [4.78, 5) is 11.8. The zero-order valence-corrected chi connectivity index (χ0v) is 18.3. The van der Waals surface area contributed by atoms with Crippen molar-refractivity contribution in [2.75, 3.05) is 7.11 Å². The van der Waals surface area contributed by atoms with Crippen molar-refractivity contribution in [2.45, 2.75) is 24.3 Å². The van der Waals surface area contributed by atoms with Gasteiger partial charge in [0.2, 0.25) is 0 Å². The van der Waals surface area contributed by atoms with Gasteiger partial charge >= 0.3 is 5.97 Å². The van der Waals surface area contributed by atoms with Crippen molar-refractivity contribution in [1.29, 1.82) is 0 Å². The first-order valence-electron chi connectivity index (χ1n) is 10.00. The number of benzene rings is 3. The summed E-state index contributed by atoms with van der Waals surface area (Å²) in [6, 6.07) is 26.0. The number of carbonyl (C=O) groups excluding carboxylic acids is 1. The summed E-state index contributed by atoms with van der Waals surface area (Å²) in [6.45, 7) is 2.09. The van der Waals surface area contributed by atoms with Crippen molar-refractivity contribution in [2.24, 2.45) is 0 Å². The van der Waals surface area contributed by atoms with E-state index in [9.17, 15) is 4.79 Å². The van der Waals surface area contributed by atoms with Gasteiger partial charge in [-0.15, -0.1) is 10.2 Å². The number of hydrogen-bond donors (Lipinski definition) is 0. The van der Waals surface area contributed by atoms with Crippen LogP contribution in [0, 0.1) is 6.92 Å². The van der Waals surface area contributed by atoms with Crippen molar-refractivity contribution in [3.8, 4) is 5.69 Å². The zero-order chi connectivity index (χ0) is 21.6. The van der Waals surface area contributed by atoms with Gasteiger partial charge in [0.05, 0.1) is 18.4 Å². The van der Waals surface area contributed by atoms with Crippen LogP contribution < -0.4 is 0 Å². The standard InChI is InChI=1S/C25H23N3O2S/c1-18-9-6-7-14-22(18)28-23(16-19-10-4-3-5-11-19)26-27-25(28)31-17-20-12-8-13-21(15-20)24(29)30-2/h3-15H,16-17H2,1-2H3. The maximum absolute atomic E-state index is 11.8. The Bertz CT molecular complexity index is 1190. The lowest BCUT2D eigenvalue weighted by atomic mass is 10.1. The fourth-order valence-electron chi connectivity index (χ4n) is 3.40. The molecule has 5 nitrogen and oxygen atoms in total. The Morgan fingerprint density at radius 3 is 2.45 bits per heavy atom. The van der Waals surface area contributed by atoms with Gasteiger partial charge in [0.25, 0.3) is 0 Å². The maximum Gasteiger partial charge on any atom is 0.337 e. The van der Waals surface area contributed by atoms with Gasteiger partial charge in [-0.3, -0.25) is 4.57 Å². The SMILES string of the molecule is COC(=O)c1cccc(CSc2nnc(Cc3ccccc3)n2-c2ccccc2C)c1. The molecule has 0 aliphatic heterocycles. The second-order valence-corrected chi connectivity index (χ2v) is 8.11. The van der Waals surface area contributed by atoms with Crippen molar-refractivity contribution in [3.05, 3.63) is 107 Å². The molecule has 3 aromatic carbocycles. The fraction of sp³-hybridized carbons (Fsp3) is 0.160. The van der Waals surface area contributed by atoms with Crippen molar-refractivity contribution >= 4 is 17.7 Å². The molecule has 1 aromatic heterocycles. The van der Waals surface area contributed by atoms with Gasteiger partial charge in [-0.2, -0.15) is 0 Å². The third-order valence-corrected chi connectivity index (χ3v) is 5.98. The lowest BCUT2D eigenvalue weighted by molar-refractivity contribution is 0.0600. The highest BCUT2D eigenvalue weighted by atomic mass is 32.2. The topological polar surface area (TPSA) is 57.0 Å². The van der Waals surface area contributed by atoms with E-state index in [1.165, 1.54) is 12.7 Å². The molecule has 31 heavy (non-hydrogen) atoms. The predicted octanol–water partition coefficient (Wildman–Crippen LogP) is 5.25. The van der Waals surface area contributed by atoms with Crippen LogP contribution in [-0.2, 0) is 16.9 Å². The van der Waals surface area contributed by atoms with Gasteiger partial charge in [0, 0.05) is 12.2 Å². The van der Waals surface area contributed by atoms with E-state index in [1.807, 2.05) is 48.5 Å². The van der Waals surface area contributed by atoms with E-state index in [4.69, 9.17) is 4.74 Å². The van der Waals surface area contributed by atoms with Crippen LogP contribution in [0.4, 0.5) is 0 Å². The molecule has 0 saturated heterocycles. The first-order valence-corrected chi connectivity index (χ1v) is 11.0. The second kappa shape index (κ2) is 9.62. The number of aromatic nitrogens is 3. The van der Waals surface area contributed by atoms with Crippen molar-refractivity contribution in [1.82, 2.24) is 14.8 Å². The molecule has 0 aliphatic carbocycles. The monoisotopic (exact) mass is 429 g/mol. The number of hydrogen-bond acceptors (Lipinski definition) is 5. The van der Waals surface area contributed by atoms with E-state index in [0.717, 1.165) is 27.8 Å². The molecular formula is C25H23N3O2S. The number of thioether (sulfide) groups is 1. The van der Waals surface area contributed by atoms with E-state index in [0.29, 0.717) is 17.7 Å². The number of para-hydroxylation sites is 1. The number of nitrogens with zero attached hydrogens (tertiary/aromatic N) is 3. The van der Waals surface area contributed by atoms with Crippen LogP contribution in [0.25, 0.3) is 5.69 Å². The molecule has 0 N–H and O–H groups in total. The van der Waals surface area contributed by atoms with Gasteiger partial charge in [0.1, 0.15) is 5.82 Å². The van der Waals surface area contributed by atoms with Crippen LogP contribution in [0.5, 0.6) is 0 Å². The summed E-state index contributed by atoms with van der Waals surface area (Å²) < 4.78 is 6.97. The van der Waals surface area contributed by atoms with Crippen LogP contribution in [-0.4, -0.2) is 27.8 Å². The fourth-order valence-corrected chi connectivity index (χ4v) is 4.30. The number of rotatable bonds is 7. The van der Waals surface area contributed by atoms with Gasteiger partial charge in [0.15, 0.2) is 5.16 Å². The third kappa shape index (κ3) is 4.86. The minimum atomic E-state index is -0.333. The quantitative estimate of drug-likeness (QED) is 0.297. The molecule has 0 saturated carbocycles. The molecule has 0 aliphatic rings. The summed E-state index contributed by atoms with van der Waals surface area (Å²) in [7, 11) is 1.39. The molecule has 0 fully saturated rings. The highest BCUT2D eigenvalue weighted by Gasteiger charge is 2.17. The minimum absolute atomic E-state index is 0.333. The summed E-state index contributed by atoms with van der Waals surface area (Å²) >= 11 is 1.60. The smallest absolute Gasteiger partial charge is 0.337 e. The zero-order valence-electron chi connectivity index (χ0n) is 17.5. The van der Waals surface area contributed by atoms with E-state index < -0.39 is 0 Å². The lowest BCUT2D eigenvalue weighted by Crippen LogP contribution is -2.05. The van der Waals surface area contributed by atoms with Gasteiger partial charge in [-0.1, -0.05) is 72.4 Å². The Hall–Kier alpha value is -3.38. The average Bonchev–Trinajstić information content (AvgIpc) is 3.20.